The van der Waals surface area contributed by atoms with Gasteiger partial charge >= 0.3 is 11.9 Å². The average molecular weight is 373 g/mol. The van der Waals surface area contributed by atoms with Crippen LogP contribution in [-0.2, 0) is 9.47 Å². The second kappa shape index (κ2) is 10.7. The van der Waals surface area contributed by atoms with Gasteiger partial charge in [0, 0.05) is 5.56 Å². The number of carbonyl (C=O) groups excluding carboxylic acids is 2. The molecule has 5 heteroatoms. The van der Waals surface area contributed by atoms with E-state index in [9.17, 15) is 9.59 Å². The number of aromatic nitrogens is 1. The van der Waals surface area contributed by atoms with Gasteiger partial charge in [-0.15, -0.1) is 0 Å². The summed E-state index contributed by atoms with van der Waals surface area (Å²) in [5.74, 6) is -0.951. The van der Waals surface area contributed by atoms with E-state index in [2.05, 4.69) is 24.9 Å². The molecule has 0 aliphatic rings. The average Bonchev–Trinajstić information content (AvgIpc) is 2.54. The molecule has 0 unspecified atom stereocenters. The molecular weight excluding hydrogens is 342 g/mol. The molecule has 0 aliphatic carbocycles. The van der Waals surface area contributed by atoms with Crippen molar-refractivity contribution in [1.82, 2.24) is 4.98 Å². The second-order valence-corrected chi connectivity index (χ2v) is 6.70. The molecule has 0 bridgehead atoms. The molecule has 1 aromatic heterocycles. The number of allylic oxidation sites excluding steroid dienone is 3. The second-order valence-electron chi connectivity index (χ2n) is 6.70. The van der Waals surface area contributed by atoms with Crippen molar-refractivity contribution in [3.8, 4) is 0 Å². The summed E-state index contributed by atoms with van der Waals surface area (Å²) >= 11 is 0. The minimum Gasteiger partial charge on any atom is -0.462 e. The normalized spacial score (nSPS) is 11.1. The number of carbonyl (C=O) groups is 2. The highest BCUT2D eigenvalue weighted by molar-refractivity contribution is 6.02. The molecule has 0 saturated heterocycles. The first kappa shape index (κ1) is 22.6. The molecule has 0 radical (unpaired) electrons. The maximum absolute atomic E-state index is 12.6. The van der Waals surface area contributed by atoms with Crippen LogP contribution in [0.4, 0.5) is 0 Å². The molecule has 27 heavy (non-hydrogen) atoms. The molecule has 5 nitrogen and oxygen atoms in total. The number of esters is 2. The van der Waals surface area contributed by atoms with Crippen LogP contribution in [0.2, 0.25) is 0 Å². The first-order valence-electron chi connectivity index (χ1n) is 9.38. The standard InChI is InChI=1S/C22H31NO4/c1-8-26-21(24)19-16(6)23-17(7)20(22(25)27-9-2)18(19)13-15(5)12-10-11-14(3)4/h11,13H,8-10,12H2,1-7H3. The van der Waals surface area contributed by atoms with Crippen LogP contribution in [0, 0.1) is 13.8 Å². The van der Waals surface area contributed by atoms with Crippen LogP contribution in [0.25, 0.3) is 6.08 Å². The highest BCUT2D eigenvalue weighted by Gasteiger charge is 2.25. The zero-order valence-electron chi connectivity index (χ0n) is 17.6. The zero-order chi connectivity index (χ0) is 20.6. The summed E-state index contributed by atoms with van der Waals surface area (Å²) in [6.45, 7) is 13.6. The first-order chi connectivity index (χ1) is 12.7. The van der Waals surface area contributed by atoms with Gasteiger partial charge in [-0.2, -0.15) is 0 Å². The van der Waals surface area contributed by atoms with Crippen LogP contribution in [0.3, 0.4) is 0 Å². The Morgan fingerprint density at radius 3 is 1.81 bits per heavy atom. The maximum Gasteiger partial charge on any atom is 0.340 e. The van der Waals surface area contributed by atoms with Gasteiger partial charge in [0.1, 0.15) is 0 Å². The van der Waals surface area contributed by atoms with Gasteiger partial charge in [-0.3, -0.25) is 4.98 Å². The Labute approximate surface area is 162 Å². The van der Waals surface area contributed by atoms with Crippen LogP contribution in [0.15, 0.2) is 17.2 Å². The van der Waals surface area contributed by atoms with Crippen LogP contribution >= 0.6 is 0 Å². The lowest BCUT2D eigenvalue weighted by Crippen LogP contribution is -2.18. The molecule has 1 rings (SSSR count). The van der Waals surface area contributed by atoms with Crippen LogP contribution in [-0.4, -0.2) is 30.1 Å². The Hall–Kier alpha value is -2.43. The topological polar surface area (TPSA) is 65.5 Å². The van der Waals surface area contributed by atoms with Crippen LogP contribution in [0.1, 0.15) is 85.1 Å². The van der Waals surface area contributed by atoms with Gasteiger partial charge in [0.25, 0.3) is 0 Å². The van der Waals surface area contributed by atoms with Crippen molar-refractivity contribution in [2.45, 2.75) is 61.3 Å². The van der Waals surface area contributed by atoms with Crippen LogP contribution < -0.4 is 0 Å². The lowest BCUT2D eigenvalue weighted by Gasteiger charge is -2.16. The number of pyridine rings is 1. The van der Waals surface area contributed by atoms with Gasteiger partial charge in [-0.05, 0) is 61.3 Å². The van der Waals surface area contributed by atoms with E-state index in [4.69, 9.17) is 9.47 Å². The largest absolute Gasteiger partial charge is 0.462 e. The fourth-order valence-corrected chi connectivity index (χ4v) is 2.85. The van der Waals surface area contributed by atoms with Crippen molar-refractivity contribution >= 4 is 18.0 Å². The monoisotopic (exact) mass is 373 g/mol. The molecule has 1 aromatic rings. The molecule has 148 valence electrons. The van der Waals surface area contributed by atoms with Crippen molar-refractivity contribution in [3.63, 3.8) is 0 Å². The number of aryl methyl sites for hydroxylation is 2. The molecule has 0 aliphatic heterocycles. The summed E-state index contributed by atoms with van der Waals surface area (Å²) in [5, 5.41) is 0. The van der Waals surface area contributed by atoms with Gasteiger partial charge in [0.05, 0.1) is 35.7 Å². The summed E-state index contributed by atoms with van der Waals surface area (Å²) in [6, 6.07) is 0. The summed E-state index contributed by atoms with van der Waals surface area (Å²) in [6.07, 6.45) is 5.78. The number of hydrogen-bond donors (Lipinski definition) is 0. The molecule has 0 saturated carbocycles. The third-order valence-electron chi connectivity index (χ3n) is 4.04. The highest BCUT2D eigenvalue weighted by Crippen LogP contribution is 2.26. The van der Waals surface area contributed by atoms with E-state index < -0.39 is 11.9 Å². The fourth-order valence-electron chi connectivity index (χ4n) is 2.85. The quantitative estimate of drug-likeness (QED) is 0.463. The summed E-state index contributed by atoms with van der Waals surface area (Å²) in [4.78, 5) is 29.5. The Kier molecular flexibility index (Phi) is 8.92. The SMILES string of the molecule is CCOC(=O)c1c(C)nc(C)c(C(=O)OCC)c1C=C(C)CCC=C(C)C. The van der Waals surface area contributed by atoms with Gasteiger partial charge in [-0.25, -0.2) is 9.59 Å². The van der Waals surface area contributed by atoms with E-state index in [0.29, 0.717) is 28.1 Å². The molecule has 0 spiro atoms. The van der Waals surface area contributed by atoms with E-state index in [1.807, 2.05) is 13.0 Å². The van der Waals surface area contributed by atoms with E-state index in [0.717, 1.165) is 18.4 Å². The van der Waals surface area contributed by atoms with Crippen molar-refractivity contribution in [2.75, 3.05) is 13.2 Å². The predicted octanol–water partition coefficient (Wildman–Crippen LogP) is 5.20. The van der Waals surface area contributed by atoms with Crippen molar-refractivity contribution in [2.24, 2.45) is 0 Å². The summed E-state index contributed by atoms with van der Waals surface area (Å²) in [7, 11) is 0. The fraction of sp³-hybridized carbons (Fsp3) is 0.500. The summed E-state index contributed by atoms with van der Waals surface area (Å²) in [5.41, 5.74) is 4.60. The van der Waals surface area contributed by atoms with E-state index in [-0.39, 0.29) is 13.2 Å². The highest BCUT2D eigenvalue weighted by atomic mass is 16.5. The van der Waals surface area contributed by atoms with E-state index >= 15 is 0 Å². The third kappa shape index (κ3) is 6.35. The Bertz CT molecular complexity index is 714. The Morgan fingerprint density at radius 1 is 0.926 bits per heavy atom. The van der Waals surface area contributed by atoms with E-state index in [1.54, 1.807) is 27.7 Å². The number of rotatable bonds is 8. The van der Waals surface area contributed by atoms with Crippen molar-refractivity contribution in [3.05, 3.63) is 45.3 Å². The van der Waals surface area contributed by atoms with E-state index in [1.165, 1.54) is 5.57 Å². The van der Waals surface area contributed by atoms with Crippen LogP contribution in [0.5, 0.6) is 0 Å². The molecule has 0 amide bonds. The van der Waals surface area contributed by atoms with Crippen molar-refractivity contribution < 1.29 is 19.1 Å². The molecule has 0 N–H and O–H groups in total. The Balaban J connectivity index is 3.55. The molecular formula is C22H31NO4. The van der Waals surface area contributed by atoms with Gasteiger partial charge in [0.15, 0.2) is 0 Å². The summed E-state index contributed by atoms with van der Waals surface area (Å²) < 4.78 is 10.4. The van der Waals surface area contributed by atoms with Crippen molar-refractivity contribution in [1.29, 1.82) is 0 Å². The predicted molar refractivity (Wildman–Crippen MR) is 108 cm³/mol. The minimum atomic E-state index is -0.476. The lowest BCUT2D eigenvalue weighted by molar-refractivity contribution is 0.0522. The van der Waals surface area contributed by atoms with Gasteiger partial charge < -0.3 is 9.47 Å². The molecule has 0 fully saturated rings. The molecule has 0 aromatic carbocycles. The smallest absolute Gasteiger partial charge is 0.340 e. The number of nitrogens with zero attached hydrogens (tertiary/aromatic N) is 1. The van der Waals surface area contributed by atoms with Gasteiger partial charge in [0.2, 0.25) is 0 Å². The third-order valence-corrected chi connectivity index (χ3v) is 4.04. The Morgan fingerprint density at radius 2 is 1.41 bits per heavy atom. The van der Waals surface area contributed by atoms with Gasteiger partial charge in [-0.1, -0.05) is 23.3 Å². The molecule has 1 heterocycles. The minimum absolute atomic E-state index is 0.254. The number of hydrogen-bond acceptors (Lipinski definition) is 5. The maximum atomic E-state index is 12.6. The molecule has 0 atom stereocenters. The first-order valence-corrected chi connectivity index (χ1v) is 9.38. The lowest BCUT2D eigenvalue weighted by atomic mass is 9.95. The zero-order valence-corrected chi connectivity index (χ0v) is 17.6. The number of ether oxygens (including phenoxy) is 2.